The Kier molecular flexibility index (Phi) is 13.6. The second kappa shape index (κ2) is 18.7. The number of ether oxygens (including phenoxy) is 1. The van der Waals surface area contributed by atoms with Crippen molar-refractivity contribution in [3.63, 3.8) is 0 Å². The number of aryl methyl sites for hydroxylation is 1. The number of benzene rings is 4. The Balaban J connectivity index is 1.27. The van der Waals surface area contributed by atoms with E-state index in [0.29, 0.717) is 49.4 Å². The summed E-state index contributed by atoms with van der Waals surface area (Å²) in [5.41, 5.74) is 2.39. The predicted molar refractivity (Wildman–Crippen MR) is 197 cm³/mol. The highest BCUT2D eigenvalue weighted by molar-refractivity contribution is 7.32. The van der Waals surface area contributed by atoms with E-state index >= 15 is 0 Å². The van der Waals surface area contributed by atoms with Crippen LogP contribution in [0.5, 0.6) is 11.5 Å². The number of hydrogen-bond donors (Lipinski definition) is 3. The standard InChI is InChI=1S/C39H42N3O9P/c1-3-35(42(26-43)49-24-28-10-6-5-7-11-28)34(17-15-27-14-16-29-12-8-9-13-30(29)20-27)38(44)40-25-41-39(45)37-19-18-36(50-37)31-21-32(48-4-2)23-33(22-31)51-52(46)47/h5-14,16,18-23,26,34-35,52H,3-4,15,17,24-25H2,1-2H3,(H,40,44)(H,41,45)(H,46,47). The summed E-state index contributed by atoms with van der Waals surface area (Å²) in [6.07, 6.45) is 2.03. The molecular weight excluding hydrogens is 685 g/mol. The number of fused-ring (bicyclic) bond motifs is 1. The Bertz CT molecular complexity index is 1980. The van der Waals surface area contributed by atoms with Crippen LogP contribution in [0.25, 0.3) is 22.1 Å². The molecule has 3 amide bonds. The number of nitrogens with one attached hydrogen (secondary N) is 2. The molecule has 5 aromatic rings. The van der Waals surface area contributed by atoms with Gasteiger partial charge < -0.3 is 29.2 Å². The van der Waals surface area contributed by atoms with Gasteiger partial charge >= 0.3 is 8.25 Å². The van der Waals surface area contributed by atoms with Crippen molar-refractivity contribution in [1.29, 1.82) is 0 Å². The Morgan fingerprint density at radius 2 is 1.63 bits per heavy atom. The molecule has 0 radical (unpaired) electrons. The summed E-state index contributed by atoms with van der Waals surface area (Å²) in [5.74, 6) is -0.837. The molecule has 0 aliphatic rings. The first-order chi connectivity index (χ1) is 25.3. The van der Waals surface area contributed by atoms with E-state index in [0.717, 1.165) is 21.9 Å². The average molecular weight is 728 g/mol. The SMILES string of the molecule is CCOc1cc(O[PH](=O)O)cc(-c2ccc(C(=O)NCNC(=O)C(CCc3ccc4ccccc4c3)C(CC)N(C=O)OCc3ccccc3)o2)c1. The molecule has 0 aliphatic carbocycles. The quantitative estimate of drug-likeness (QED) is 0.0366. The van der Waals surface area contributed by atoms with Gasteiger partial charge in [-0.3, -0.25) is 19.2 Å². The molecule has 13 heteroatoms. The van der Waals surface area contributed by atoms with Crippen molar-refractivity contribution >= 4 is 37.3 Å². The molecular formula is C39H42N3O9P. The maximum absolute atomic E-state index is 13.8. The van der Waals surface area contributed by atoms with Gasteiger partial charge in [-0.1, -0.05) is 79.7 Å². The van der Waals surface area contributed by atoms with Crippen LogP contribution in [0.15, 0.2) is 108 Å². The zero-order valence-electron chi connectivity index (χ0n) is 29.0. The highest BCUT2D eigenvalue weighted by atomic mass is 31.1. The molecule has 4 aromatic carbocycles. The number of carbonyl (C=O) groups is 3. The van der Waals surface area contributed by atoms with Crippen LogP contribution in [0.4, 0.5) is 0 Å². The van der Waals surface area contributed by atoms with Crippen molar-refractivity contribution in [3.8, 4) is 22.8 Å². The lowest BCUT2D eigenvalue weighted by molar-refractivity contribution is -0.200. The number of furan rings is 1. The fourth-order valence-corrected chi connectivity index (χ4v) is 6.27. The lowest BCUT2D eigenvalue weighted by Gasteiger charge is -2.32. The van der Waals surface area contributed by atoms with Crippen molar-refractivity contribution in [2.24, 2.45) is 5.92 Å². The highest BCUT2D eigenvalue weighted by Gasteiger charge is 2.32. The summed E-state index contributed by atoms with van der Waals surface area (Å²) in [6.45, 7) is 3.99. The van der Waals surface area contributed by atoms with Crippen molar-refractivity contribution in [2.45, 2.75) is 45.8 Å². The number of hydrogen-bond acceptors (Lipinski definition) is 8. The third kappa shape index (κ3) is 10.3. The Morgan fingerprint density at radius 3 is 2.37 bits per heavy atom. The molecule has 1 aromatic heterocycles. The van der Waals surface area contributed by atoms with E-state index in [1.54, 1.807) is 19.1 Å². The van der Waals surface area contributed by atoms with Gasteiger partial charge in [0, 0.05) is 11.6 Å². The molecule has 52 heavy (non-hydrogen) atoms. The fourth-order valence-electron chi connectivity index (χ4n) is 5.95. The third-order valence-corrected chi connectivity index (χ3v) is 8.86. The highest BCUT2D eigenvalue weighted by Crippen LogP contribution is 2.34. The Hall–Kier alpha value is -5.42. The first-order valence-electron chi connectivity index (χ1n) is 17.0. The van der Waals surface area contributed by atoms with Gasteiger partial charge in [-0.15, -0.1) is 0 Å². The lowest BCUT2D eigenvalue weighted by Crippen LogP contribution is -2.48. The minimum Gasteiger partial charge on any atom is -0.494 e. The molecule has 5 rings (SSSR count). The molecule has 12 nitrogen and oxygen atoms in total. The summed E-state index contributed by atoms with van der Waals surface area (Å²) in [7, 11) is -3.26. The molecule has 272 valence electrons. The maximum atomic E-state index is 13.8. The van der Waals surface area contributed by atoms with Gasteiger partial charge in [0.1, 0.15) is 23.9 Å². The molecule has 0 spiro atoms. The van der Waals surface area contributed by atoms with Crippen molar-refractivity contribution in [3.05, 3.63) is 120 Å². The van der Waals surface area contributed by atoms with E-state index in [4.69, 9.17) is 18.5 Å². The monoisotopic (exact) mass is 727 g/mol. The van der Waals surface area contributed by atoms with Gasteiger partial charge in [-0.2, -0.15) is 0 Å². The Labute approximate surface area is 302 Å². The summed E-state index contributed by atoms with van der Waals surface area (Å²) in [5, 5.41) is 8.90. The summed E-state index contributed by atoms with van der Waals surface area (Å²) >= 11 is 0. The summed E-state index contributed by atoms with van der Waals surface area (Å²) in [4.78, 5) is 54.4. The molecule has 0 saturated heterocycles. The molecule has 3 unspecified atom stereocenters. The van der Waals surface area contributed by atoms with E-state index in [1.807, 2.05) is 73.7 Å². The first-order valence-corrected chi connectivity index (χ1v) is 18.3. The minimum absolute atomic E-state index is 0.0232. The molecule has 0 saturated carbocycles. The van der Waals surface area contributed by atoms with Gasteiger partial charge in [0.05, 0.1) is 25.2 Å². The topological polar surface area (TPSA) is 157 Å². The van der Waals surface area contributed by atoms with Crippen LogP contribution in [-0.4, -0.2) is 47.5 Å². The van der Waals surface area contributed by atoms with Gasteiger partial charge in [0.15, 0.2) is 5.76 Å². The third-order valence-electron chi connectivity index (χ3n) is 8.45. The van der Waals surface area contributed by atoms with Crippen LogP contribution in [-0.2, 0) is 32.0 Å². The number of rotatable bonds is 19. The number of nitrogens with zero attached hydrogens (tertiary/aromatic N) is 1. The van der Waals surface area contributed by atoms with Crippen LogP contribution >= 0.6 is 8.25 Å². The van der Waals surface area contributed by atoms with Gasteiger partial charge in [0.25, 0.3) is 5.91 Å². The zero-order chi connectivity index (χ0) is 36.9. The molecule has 0 fully saturated rings. The van der Waals surface area contributed by atoms with E-state index in [1.165, 1.54) is 23.3 Å². The smallest absolute Gasteiger partial charge is 0.365 e. The van der Waals surface area contributed by atoms with Crippen LogP contribution in [0.1, 0.15) is 48.4 Å². The van der Waals surface area contributed by atoms with Crippen LogP contribution in [0.3, 0.4) is 0 Å². The van der Waals surface area contributed by atoms with Crippen LogP contribution in [0.2, 0.25) is 0 Å². The van der Waals surface area contributed by atoms with Crippen molar-refractivity contribution < 1.29 is 42.4 Å². The Morgan fingerprint density at radius 1 is 0.885 bits per heavy atom. The fraction of sp³-hybridized carbons (Fsp3) is 0.256. The summed E-state index contributed by atoms with van der Waals surface area (Å²) in [6, 6.07) is 30.8. The first kappa shape index (κ1) is 37.8. The second-order valence-electron chi connectivity index (χ2n) is 11.9. The van der Waals surface area contributed by atoms with Crippen molar-refractivity contribution in [2.75, 3.05) is 13.3 Å². The van der Waals surface area contributed by atoms with E-state index < -0.39 is 26.1 Å². The van der Waals surface area contributed by atoms with Crippen LogP contribution < -0.4 is 19.9 Å². The number of carbonyl (C=O) groups excluding carboxylic acids is 3. The van der Waals surface area contributed by atoms with E-state index in [-0.39, 0.29) is 30.7 Å². The summed E-state index contributed by atoms with van der Waals surface area (Å²) < 4.78 is 27.6. The van der Waals surface area contributed by atoms with Crippen LogP contribution in [0, 0.1) is 5.92 Å². The van der Waals surface area contributed by atoms with Gasteiger partial charge in [-0.05, 0) is 72.4 Å². The lowest BCUT2D eigenvalue weighted by atomic mass is 9.89. The maximum Gasteiger partial charge on any atom is 0.365 e. The molecule has 1 heterocycles. The molecule has 3 atom stereocenters. The van der Waals surface area contributed by atoms with Gasteiger partial charge in [0.2, 0.25) is 12.3 Å². The predicted octanol–water partition coefficient (Wildman–Crippen LogP) is 6.68. The van der Waals surface area contributed by atoms with Gasteiger partial charge in [-0.25, -0.2) is 9.63 Å². The normalized spacial score (nSPS) is 12.8. The minimum atomic E-state index is -3.26. The molecule has 0 bridgehead atoms. The average Bonchev–Trinajstić information content (AvgIpc) is 3.65. The zero-order valence-corrected chi connectivity index (χ0v) is 30.0. The largest absolute Gasteiger partial charge is 0.494 e. The van der Waals surface area contributed by atoms with E-state index in [2.05, 4.69) is 16.7 Å². The number of amides is 3. The second-order valence-corrected chi connectivity index (χ2v) is 12.6. The molecule has 0 aliphatic heterocycles. The van der Waals surface area contributed by atoms with E-state index in [9.17, 15) is 23.8 Å². The number of hydroxylamine groups is 2. The van der Waals surface area contributed by atoms with Crippen molar-refractivity contribution in [1.82, 2.24) is 15.7 Å². The molecule has 3 N–H and O–H groups in total.